The maximum atomic E-state index is 6.75. The van der Waals surface area contributed by atoms with Gasteiger partial charge in [-0.15, -0.1) is 0 Å². The summed E-state index contributed by atoms with van der Waals surface area (Å²) in [6, 6.07) is 2.74. The van der Waals surface area contributed by atoms with Crippen LogP contribution >= 0.6 is 0 Å². The molecule has 0 amide bonds. The number of hydrogen-bond acceptors (Lipinski definition) is 3. The molecular formula is C32H54N4. The molecule has 4 heteroatoms. The second-order valence-electron chi connectivity index (χ2n) is 12.6. The van der Waals surface area contributed by atoms with Crippen LogP contribution in [0.3, 0.4) is 0 Å². The lowest BCUT2D eigenvalue weighted by Crippen LogP contribution is -2.37. The molecule has 2 heterocycles. The van der Waals surface area contributed by atoms with Gasteiger partial charge in [0.2, 0.25) is 0 Å². The Morgan fingerprint density at radius 1 is 0.861 bits per heavy atom. The van der Waals surface area contributed by atoms with Crippen molar-refractivity contribution in [3.05, 3.63) is 30.2 Å². The van der Waals surface area contributed by atoms with Crippen molar-refractivity contribution in [3.8, 4) is 0 Å². The van der Waals surface area contributed by atoms with Crippen LogP contribution in [0.5, 0.6) is 0 Å². The molecule has 2 saturated carbocycles. The summed E-state index contributed by atoms with van der Waals surface area (Å²) in [5, 5.41) is 5.23. The molecule has 0 spiro atoms. The fourth-order valence-corrected chi connectivity index (χ4v) is 7.10. The molecule has 0 bridgehead atoms. The van der Waals surface area contributed by atoms with E-state index in [0.717, 1.165) is 24.8 Å². The summed E-state index contributed by atoms with van der Waals surface area (Å²) >= 11 is 0. The third-order valence-electron chi connectivity index (χ3n) is 9.48. The molecule has 202 valence electrons. The van der Waals surface area contributed by atoms with Gasteiger partial charge in [-0.2, -0.15) is 0 Å². The highest BCUT2D eigenvalue weighted by molar-refractivity contribution is 5.81. The average molecular weight is 495 g/mol. The summed E-state index contributed by atoms with van der Waals surface area (Å²) in [7, 11) is 0. The van der Waals surface area contributed by atoms with Crippen molar-refractivity contribution in [2.75, 3.05) is 6.54 Å². The fraction of sp³-hybridized carbons (Fsp3) is 0.781. The molecule has 0 saturated heterocycles. The van der Waals surface area contributed by atoms with Crippen molar-refractivity contribution in [2.24, 2.45) is 17.6 Å². The molecule has 2 aliphatic carbocycles. The molecule has 4 N–H and O–H groups in total. The lowest BCUT2D eigenvalue weighted by Gasteiger charge is -2.32. The number of aromatic amines is 1. The number of fused-ring (bicyclic) bond motifs is 1. The van der Waals surface area contributed by atoms with Crippen LogP contribution in [0.4, 0.5) is 0 Å². The molecule has 4 unspecified atom stereocenters. The molecule has 0 radical (unpaired) electrons. The van der Waals surface area contributed by atoms with Gasteiger partial charge >= 0.3 is 0 Å². The average Bonchev–Trinajstić information content (AvgIpc) is 3.24. The Morgan fingerprint density at radius 2 is 1.53 bits per heavy atom. The minimum absolute atomic E-state index is 0.0475. The van der Waals surface area contributed by atoms with E-state index in [0.29, 0.717) is 6.04 Å². The van der Waals surface area contributed by atoms with Gasteiger partial charge < -0.3 is 16.0 Å². The predicted molar refractivity (Wildman–Crippen MR) is 154 cm³/mol. The quantitative estimate of drug-likeness (QED) is 0.394. The first-order valence-electron chi connectivity index (χ1n) is 15.5. The van der Waals surface area contributed by atoms with Crippen molar-refractivity contribution in [3.63, 3.8) is 0 Å². The number of aromatic nitrogens is 2. The monoisotopic (exact) mass is 494 g/mol. The number of rotatable bonds is 5. The van der Waals surface area contributed by atoms with E-state index in [4.69, 9.17) is 5.73 Å². The van der Waals surface area contributed by atoms with Gasteiger partial charge in [0, 0.05) is 41.1 Å². The number of H-pyrrole nitrogens is 1. The van der Waals surface area contributed by atoms with Gasteiger partial charge in [0.05, 0.1) is 0 Å². The van der Waals surface area contributed by atoms with Gasteiger partial charge in [-0.25, -0.2) is 0 Å². The van der Waals surface area contributed by atoms with Crippen molar-refractivity contribution < 1.29 is 0 Å². The van der Waals surface area contributed by atoms with E-state index in [1.807, 2.05) is 12.4 Å². The largest absolute Gasteiger partial charge is 0.361 e. The van der Waals surface area contributed by atoms with E-state index in [2.05, 4.69) is 34.5 Å². The van der Waals surface area contributed by atoms with E-state index in [1.54, 1.807) is 0 Å². The Bertz CT molecular complexity index is 872. The molecule has 2 aliphatic rings. The van der Waals surface area contributed by atoms with Gasteiger partial charge in [-0.05, 0) is 75.5 Å². The molecular weight excluding hydrogens is 440 g/mol. The topological polar surface area (TPSA) is 66.7 Å². The Kier molecular flexibility index (Phi) is 11.1. The highest BCUT2D eigenvalue weighted by atomic mass is 14.9. The Labute approximate surface area is 221 Å². The summed E-state index contributed by atoms with van der Waals surface area (Å²) in [6.07, 6.45) is 32.0. The molecule has 4 nitrogen and oxygen atoms in total. The number of hydrogen-bond donors (Lipinski definition) is 3. The van der Waals surface area contributed by atoms with E-state index in [1.165, 1.54) is 132 Å². The minimum Gasteiger partial charge on any atom is -0.361 e. The van der Waals surface area contributed by atoms with Crippen LogP contribution < -0.4 is 11.1 Å². The van der Waals surface area contributed by atoms with Gasteiger partial charge in [0.15, 0.2) is 0 Å². The van der Waals surface area contributed by atoms with Crippen LogP contribution in [-0.2, 0) is 6.42 Å². The zero-order valence-corrected chi connectivity index (χ0v) is 23.2. The van der Waals surface area contributed by atoms with E-state index in [-0.39, 0.29) is 5.54 Å². The first kappa shape index (κ1) is 27.6. The van der Waals surface area contributed by atoms with Crippen LogP contribution in [0.15, 0.2) is 24.7 Å². The fourth-order valence-electron chi connectivity index (χ4n) is 7.10. The summed E-state index contributed by atoms with van der Waals surface area (Å²) in [4.78, 5) is 7.73. The third kappa shape index (κ3) is 8.87. The molecule has 2 fully saturated rings. The van der Waals surface area contributed by atoms with Crippen molar-refractivity contribution in [1.82, 2.24) is 15.3 Å². The Hall–Kier alpha value is -1.39. The molecule has 2 aromatic rings. The second kappa shape index (κ2) is 14.5. The first-order chi connectivity index (χ1) is 17.6. The first-order valence-corrected chi connectivity index (χ1v) is 15.5. The second-order valence-corrected chi connectivity index (χ2v) is 12.6. The maximum Gasteiger partial charge on any atom is 0.0487 e. The van der Waals surface area contributed by atoms with Crippen LogP contribution in [0.1, 0.15) is 128 Å². The molecule has 4 atom stereocenters. The predicted octanol–water partition coefficient (Wildman–Crippen LogP) is 8.06. The highest BCUT2D eigenvalue weighted by Gasteiger charge is 2.26. The standard InChI is InChI=1S/C32H54N4/c1-32(33)20-10-6-2-3-7-13-27(17-21-32)26-12-8-4-5-9-15-29(16-11-14-26)35-23-18-28-24-36-31-19-22-34-25-30(28)31/h19,22,24-27,29,35-36H,2-18,20-21,23,33H2,1H3. The van der Waals surface area contributed by atoms with E-state index >= 15 is 0 Å². The van der Waals surface area contributed by atoms with Crippen LogP contribution in [0.25, 0.3) is 10.9 Å². The van der Waals surface area contributed by atoms with Crippen molar-refractivity contribution >= 4 is 10.9 Å². The van der Waals surface area contributed by atoms with Gasteiger partial charge in [-0.1, -0.05) is 83.5 Å². The lowest BCUT2D eigenvalue weighted by atomic mass is 9.76. The Balaban J connectivity index is 1.29. The number of nitrogens with zero attached hydrogens (tertiary/aromatic N) is 1. The smallest absolute Gasteiger partial charge is 0.0487 e. The van der Waals surface area contributed by atoms with E-state index < -0.39 is 0 Å². The number of pyridine rings is 1. The zero-order valence-electron chi connectivity index (χ0n) is 23.2. The summed E-state index contributed by atoms with van der Waals surface area (Å²) in [5.74, 6) is 1.81. The van der Waals surface area contributed by atoms with Crippen molar-refractivity contribution in [2.45, 2.75) is 141 Å². The Morgan fingerprint density at radius 3 is 2.36 bits per heavy atom. The molecule has 2 aromatic heterocycles. The summed E-state index contributed by atoms with van der Waals surface area (Å²) in [5.41, 5.74) is 9.39. The zero-order chi connectivity index (χ0) is 25.1. The molecule has 0 aliphatic heterocycles. The SMILES string of the molecule is CC1(N)CCCCCCCC(C2CCCCCCC(NCCc3c[nH]c4ccncc34)CCC2)CC1. The van der Waals surface area contributed by atoms with Gasteiger partial charge in [0.25, 0.3) is 0 Å². The number of nitrogens with one attached hydrogen (secondary N) is 2. The minimum atomic E-state index is 0.0475. The molecule has 36 heavy (non-hydrogen) atoms. The summed E-state index contributed by atoms with van der Waals surface area (Å²) in [6.45, 7) is 3.39. The van der Waals surface area contributed by atoms with Crippen LogP contribution in [-0.4, -0.2) is 28.1 Å². The highest BCUT2D eigenvalue weighted by Crippen LogP contribution is 2.36. The van der Waals surface area contributed by atoms with Gasteiger partial charge in [0.1, 0.15) is 0 Å². The van der Waals surface area contributed by atoms with E-state index in [9.17, 15) is 0 Å². The third-order valence-corrected chi connectivity index (χ3v) is 9.48. The molecule has 0 aromatic carbocycles. The number of nitrogens with two attached hydrogens (primary N) is 1. The molecule has 4 rings (SSSR count). The maximum absolute atomic E-state index is 6.75. The van der Waals surface area contributed by atoms with Gasteiger partial charge in [-0.3, -0.25) is 4.98 Å². The van der Waals surface area contributed by atoms with Crippen LogP contribution in [0.2, 0.25) is 0 Å². The summed E-state index contributed by atoms with van der Waals surface area (Å²) < 4.78 is 0. The van der Waals surface area contributed by atoms with Crippen molar-refractivity contribution in [1.29, 1.82) is 0 Å². The normalized spacial score (nSPS) is 30.3. The van der Waals surface area contributed by atoms with Crippen LogP contribution in [0, 0.1) is 11.8 Å². The lowest BCUT2D eigenvalue weighted by molar-refractivity contribution is 0.222.